The Morgan fingerprint density at radius 3 is 1.61 bits per heavy atom. The van der Waals surface area contributed by atoms with E-state index in [2.05, 4.69) is 5.32 Å². The van der Waals surface area contributed by atoms with Crippen LogP contribution in [-0.2, 0) is 19.2 Å². The van der Waals surface area contributed by atoms with Crippen molar-refractivity contribution in [3.8, 4) is 0 Å². The quantitative estimate of drug-likeness (QED) is 0.315. The van der Waals surface area contributed by atoms with Gasteiger partial charge in [0.2, 0.25) is 0 Å². The average Bonchev–Trinajstić information content (AvgIpc) is 2.23. The minimum Gasteiger partial charge on any atom is -0.550 e. The number of hydrogen-bond donors (Lipinski definition) is 3. The summed E-state index contributed by atoms with van der Waals surface area (Å²) < 4.78 is 0. The largest absolute Gasteiger partial charge is 1.00 e. The van der Waals surface area contributed by atoms with Crippen LogP contribution in [-0.4, -0.2) is 47.1 Å². The Kier molecular flexibility index (Phi) is 20.7. The Balaban J connectivity index is -0.000000602. The summed E-state index contributed by atoms with van der Waals surface area (Å²) in [5.74, 6) is -6.50. The van der Waals surface area contributed by atoms with Crippen LogP contribution in [0.1, 0.15) is 19.3 Å². The van der Waals surface area contributed by atoms with Gasteiger partial charge >= 0.3 is 94.6 Å². The van der Waals surface area contributed by atoms with E-state index >= 15 is 0 Å². The van der Waals surface area contributed by atoms with Gasteiger partial charge in [-0.15, -0.1) is 0 Å². The molecule has 23 heavy (non-hydrogen) atoms. The number of nitrogens with one attached hydrogen (secondary N) is 1. The Morgan fingerprint density at radius 2 is 1.35 bits per heavy atom. The minimum atomic E-state index is -2.03. The summed E-state index contributed by atoms with van der Waals surface area (Å²) >= 11 is 0. The van der Waals surface area contributed by atoms with Crippen LogP contribution in [0.25, 0.3) is 0 Å². The van der Waals surface area contributed by atoms with Crippen molar-refractivity contribution < 1.29 is 128 Å². The molecule has 0 amide bonds. The standard InChI is InChI=1S/C10H16N2O8.3Na/c11-5(1-6(13)14)10(2-7(15)16,3-8(17)18)12-4-9(19)20;;;/h5,12H,1-4,11H2,(H,13,14)(H,15,16)(H,17,18)(H,19,20);;;/q;3*+1/p-3. The van der Waals surface area contributed by atoms with Crippen LogP contribution in [0.5, 0.6) is 0 Å². The first-order valence-corrected chi connectivity index (χ1v) is 5.41. The second-order valence-electron chi connectivity index (χ2n) is 4.18. The number of carbonyl (C=O) groups is 4. The van der Waals surface area contributed by atoms with Crippen molar-refractivity contribution in [3.63, 3.8) is 0 Å². The molecule has 10 nitrogen and oxygen atoms in total. The van der Waals surface area contributed by atoms with Gasteiger partial charge < -0.3 is 45.9 Å². The molecule has 0 saturated heterocycles. The number of hydrogen-bond acceptors (Lipinski definition) is 9. The maximum atomic E-state index is 10.7. The zero-order valence-corrected chi connectivity index (χ0v) is 19.3. The molecule has 0 aromatic carbocycles. The number of rotatable bonds is 10. The van der Waals surface area contributed by atoms with E-state index in [0.717, 1.165) is 0 Å². The molecule has 0 aliphatic carbocycles. The molecule has 4 N–H and O–H groups in total. The molecule has 0 aliphatic heterocycles. The number of carboxylic acids is 4. The van der Waals surface area contributed by atoms with Crippen LogP contribution in [0, 0.1) is 0 Å². The van der Waals surface area contributed by atoms with E-state index in [0.29, 0.717) is 0 Å². The molecular weight excluding hydrogens is 345 g/mol. The molecule has 0 saturated carbocycles. The topological polar surface area (TPSA) is 196 Å². The van der Waals surface area contributed by atoms with Crippen molar-refractivity contribution in [2.45, 2.75) is 30.8 Å². The van der Waals surface area contributed by atoms with Gasteiger partial charge in [0.05, 0.1) is 12.4 Å². The molecule has 114 valence electrons. The fourth-order valence-electron chi connectivity index (χ4n) is 1.73. The third kappa shape index (κ3) is 13.7. The maximum absolute atomic E-state index is 10.7. The van der Waals surface area contributed by atoms with Gasteiger partial charge in [0.1, 0.15) is 0 Å². The van der Waals surface area contributed by atoms with Crippen molar-refractivity contribution in [2.24, 2.45) is 5.73 Å². The predicted molar refractivity (Wildman–Crippen MR) is 55.2 cm³/mol. The predicted octanol–water partition coefficient (Wildman–Crippen LogP) is -14.8. The molecule has 1 atom stereocenters. The smallest absolute Gasteiger partial charge is 0.550 e. The zero-order chi connectivity index (χ0) is 15.9. The van der Waals surface area contributed by atoms with Crippen molar-refractivity contribution in [2.75, 3.05) is 6.54 Å². The van der Waals surface area contributed by atoms with Crippen LogP contribution < -0.4 is 115 Å². The molecule has 1 unspecified atom stereocenters. The van der Waals surface area contributed by atoms with Gasteiger partial charge in [-0.1, -0.05) is 0 Å². The molecule has 0 bridgehead atoms. The monoisotopic (exact) mass is 358 g/mol. The second-order valence-corrected chi connectivity index (χ2v) is 4.18. The van der Waals surface area contributed by atoms with Crippen LogP contribution in [0.4, 0.5) is 0 Å². The molecular formula is C10H13N2Na3O8. The molecule has 0 aromatic rings. The van der Waals surface area contributed by atoms with Gasteiger partial charge in [-0.05, 0) is 0 Å². The van der Waals surface area contributed by atoms with Crippen molar-refractivity contribution >= 4 is 23.9 Å². The summed E-state index contributed by atoms with van der Waals surface area (Å²) in [7, 11) is 0. The molecule has 0 aromatic heterocycles. The van der Waals surface area contributed by atoms with E-state index in [1.807, 2.05) is 0 Å². The van der Waals surface area contributed by atoms with Gasteiger partial charge in [0.15, 0.2) is 0 Å². The van der Waals surface area contributed by atoms with Gasteiger partial charge in [-0.2, -0.15) is 0 Å². The number of carboxylic acid groups (broad SMARTS) is 4. The van der Waals surface area contributed by atoms with Gasteiger partial charge in [0, 0.05) is 42.9 Å². The second kappa shape index (κ2) is 15.1. The first-order chi connectivity index (χ1) is 9.09. The molecule has 0 radical (unpaired) electrons. The fourth-order valence-corrected chi connectivity index (χ4v) is 1.73. The Morgan fingerprint density at radius 1 is 0.957 bits per heavy atom. The Labute approximate surface area is 198 Å². The summed E-state index contributed by atoms with van der Waals surface area (Å²) in [4.78, 5) is 42.4. The van der Waals surface area contributed by atoms with Crippen LogP contribution in [0.15, 0.2) is 0 Å². The summed E-state index contributed by atoms with van der Waals surface area (Å²) in [5.41, 5.74) is 3.47. The molecule has 0 rings (SSSR count). The van der Waals surface area contributed by atoms with E-state index in [4.69, 9.17) is 10.8 Å². The molecule has 0 aliphatic rings. The van der Waals surface area contributed by atoms with E-state index < -0.39 is 61.3 Å². The maximum Gasteiger partial charge on any atom is 1.00 e. The van der Waals surface area contributed by atoms with Crippen LogP contribution in [0.3, 0.4) is 0 Å². The molecule has 0 fully saturated rings. The third-order valence-corrected chi connectivity index (χ3v) is 2.61. The molecule has 0 spiro atoms. The van der Waals surface area contributed by atoms with Crippen LogP contribution >= 0.6 is 0 Å². The number of carbonyl (C=O) groups excluding carboxylic acids is 3. The van der Waals surface area contributed by atoms with Gasteiger partial charge in [-0.3, -0.25) is 4.79 Å². The van der Waals surface area contributed by atoms with E-state index in [1.165, 1.54) is 0 Å². The average molecular weight is 358 g/mol. The van der Waals surface area contributed by atoms with Crippen molar-refractivity contribution in [1.29, 1.82) is 0 Å². The van der Waals surface area contributed by atoms with Gasteiger partial charge in [-0.25, -0.2) is 0 Å². The van der Waals surface area contributed by atoms with Crippen LogP contribution in [0.2, 0.25) is 0 Å². The summed E-state index contributed by atoms with van der Waals surface area (Å²) in [5, 5.41) is 42.5. The van der Waals surface area contributed by atoms with Crippen molar-refractivity contribution in [3.05, 3.63) is 0 Å². The summed E-state index contributed by atoms with van der Waals surface area (Å²) in [6, 6.07) is -1.49. The third-order valence-electron chi connectivity index (χ3n) is 2.61. The number of nitrogens with two attached hydrogens (primary N) is 1. The zero-order valence-electron chi connectivity index (χ0n) is 13.3. The Bertz CT molecular complexity index is 405. The van der Waals surface area contributed by atoms with E-state index in [1.54, 1.807) is 0 Å². The first-order valence-electron chi connectivity index (χ1n) is 5.41. The minimum absolute atomic E-state index is 0. The van der Waals surface area contributed by atoms with Crippen molar-refractivity contribution in [1.82, 2.24) is 5.32 Å². The molecule has 13 heteroatoms. The Hall–Kier alpha value is 0.800. The van der Waals surface area contributed by atoms with E-state index in [9.17, 15) is 34.5 Å². The molecule has 0 heterocycles. The van der Waals surface area contributed by atoms with Gasteiger partial charge in [0.25, 0.3) is 0 Å². The first kappa shape index (κ1) is 31.6. The summed E-state index contributed by atoms with van der Waals surface area (Å²) in [6.45, 7) is -0.909. The van der Waals surface area contributed by atoms with E-state index in [-0.39, 0.29) is 88.7 Å². The summed E-state index contributed by atoms with van der Waals surface area (Å²) in [6.07, 6.45) is -2.77. The normalized spacial score (nSPS) is 11.0. The fraction of sp³-hybridized carbons (Fsp3) is 0.600. The SMILES string of the molecule is NC(CC(=O)O)C(CC(=O)[O-])(CC(=O)[O-])NCC(=O)[O-].[Na+].[Na+].[Na+]. The number of aliphatic carboxylic acids is 4.